The second-order valence-corrected chi connectivity index (χ2v) is 4.77. The van der Waals surface area contributed by atoms with E-state index in [-0.39, 0.29) is 25.3 Å². The zero-order valence-corrected chi connectivity index (χ0v) is 10.0. The van der Waals surface area contributed by atoms with E-state index >= 15 is 0 Å². The van der Waals surface area contributed by atoms with Gasteiger partial charge in [0.2, 0.25) is 11.6 Å². The summed E-state index contributed by atoms with van der Waals surface area (Å²) in [7, 11) is 0. The van der Waals surface area contributed by atoms with Gasteiger partial charge in [0.05, 0.1) is 18.8 Å². The minimum absolute atomic E-state index is 0.133. The lowest BCUT2D eigenvalue weighted by molar-refractivity contribution is 0.0249. The minimum Gasteiger partial charge on any atom is -0.374 e. The largest absolute Gasteiger partial charge is 0.374 e. The normalized spacial score (nSPS) is 26.6. The first-order chi connectivity index (χ1) is 9.09. The molecule has 2 fully saturated rings. The number of fused-ring (bicyclic) bond motifs is 1. The summed E-state index contributed by atoms with van der Waals surface area (Å²) >= 11 is 0. The van der Waals surface area contributed by atoms with Gasteiger partial charge in [0.1, 0.15) is 5.69 Å². The second-order valence-electron chi connectivity index (χ2n) is 4.77. The van der Waals surface area contributed by atoms with Crippen molar-refractivity contribution in [2.45, 2.75) is 31.4 Å². The molecule has 0 radical (unpaired) electrons. The van der Waals surface area contributed by atoms with E-state index in [9.17, 15) is 17.6 Å². The van der Waals surface area contributed by atoms with Gasteiger partial charge in [-0.1, -0.05) is 0 Å². The van der Waals surface area contributed by atoms with Crippen LogP contribution in [-0.2, 0) is 4.74 Å². The lowest BCUT2D eigenvalue weighted by Crippen LogP contribution is -2.49. The average Bonchev–Trinajstić information content (AvgIpc) is 2.86. The highest BCUT2D eigenvalue weighted by Crippen LogP contribution is 2.36. The summed E-state index contributed by atoms with van der Waals surface area (Å²) in [4.78, 5) is 3.95. The van der Waals surface area contributed by atoms with Crippen molar-refractivity contribution in [2.75, 3.05) is 18.1 Å². The molecule has 1 aromatic heterocycles. The van der Waals surface area contributed by atoms with Gasteiger partial charge in [-0.2, -0.15) is 22.5 Å². The van der Waals surface area contributed by atoms with Crippen molar-refractivity contribution in [3.8, 4) is 0 Å². The molecule has 104 valence electrons. The van der Waals surface area contributed by atoms with Crippen LogP contribution < -0.4 is 4.90 Å². The molecule has 3 rings (SSSR count). The SMILES string of the molecule is Fc1nc(F)c(F)c(N2CCOC3CCCC32)c1F. The van der Waals surface area contributed by atoms with Crippen molar-refractivity contribution < 1.29 is 22.3 Å². The molecule has 0 spiro atoms. The Hall–Kier alpha value is -1.37. The lowest BCUT2D eigenvalue weighted by Gasteiger charge is -2.39. The number of pyridine rings is 1. The molecule has 1 saturated carbocycles. The van der Waals surface area contributed by atoms with Gasteiger partial charge in [-0.25, -0.2) is 0 Å². The maximum Gasteiger partial charge on any atom is 0.253 e. The summed E-state index contributed by atoms with van der Waals surface area (Å²) in [6.07, 6.45) is 2.22. The first-order valence-electron chi connectivity index (χ1n) is 6.18. The lowest BCUT2D eigenvalue weighted by atomic mass is 10.1. The van der Waals surface area contributed by atoms with E-state index in [2.05, 4.69) is 4.98 Å². The molecule has 7 heteroatoms. The molecule has 0 N–H and O–H groups in total. The standard InChI is InChI=1S/C12H12F4N2O/c13-8-10(9(14)12(16)17-11(8)15)18-4-5-19-7-3-1-2-6(7)18/h6-7H,1-5H2. The van der Waals surface area contributed by atoms with Crippen molar-refractivity contribution in [3.05, 3.63) is 23.5 Å². The van der Waals surface area contributed by atoms with E-state index in [1.165, 1.54) is 4.90 Å². The fourth-order valence-electron chi connectivity index (χ4n) is 2.93. The van der Waals surface area contributed by atoms with E-state index in [4.69, 9.17) is 4.74 Å². The first-order valence-corrected chi connectivity index (χ1v) is 6.18. The van der Waals surface area contributed by atoms with Crippen molar-refractivity contribution in [1.82, 2.24) is 4.98 Å². The molecule has 1 aliphatic heterocycles. The van der Waals surface area contributed by atoms with Crippen LogP contribution in [0.3, 0.4) is 0 Å². The molecular weight excluding hydrogens is 264 g/mol. The molecule has 0 aromatic carbocycles. The van der Waals surface area contributed by atoms with Gasteiger partial charge >= 0.3 is 0 Å². The average molecular weight is 276 g/mol. The summed E-state index contributed by atoms with van der Waals surface area (Å²) < 4.78 is 59.4. The molecule has 1 aromatic rings. The van der Waals surface area contributed by atoms with Crippen molar-refractivity contribution >= 4 is 5.69 Å². The van der Waals surface area contributed by atoms with Gasteiger partial charge in [0, 0.05) is 6.54 Å². The number of nitrogens with zero attached hydrogens (tertiary/aromatic N) is 2. The molecular formula is C12H12F4N2O. The van der Waals surface area contributed by atoms with Crippen LogP contribution in [-0.4, -0.2) is 30.3 Å². The Balaban J connectivity index is 2.06. The fraction of sp³-hybridized carbons (Fsp3) is 0.583. The summed E-state index contributed by atoms with van der Waals surface area (Å²) in [5, 5.41) is 0. The predicted octanol–water partition coefficient (Wildman–Crippen LogP) is 2.40. The number of morpholine rings is 1. The fourth-order valence-corrected chi connectivity index (χ4v) is 2.93. The second kappa shape index (κ2) is 4.63. The van der Waals surface area contributed by atoms with E-state index in [0.29, 0.717) is 6.42 Å². The zero-order valence-electron chi connectivity index (χ0n) is 10.0. The van der Waals surface area contributed by atoms with Crippen LogP contribution in [0.4, 0.5) is 23.2 Å². The minimum atomic E-state index is -1.62. The molecule has 1 aliphatic carbocycles. The number of anilines is 1. The van der Waals surface area contributed by atoms with Gasteiger partial charge in [-0.3, -0.25) is 0 Å². The number of aromatic nitrogens is 1. The van der Waals surface area contributed by atoms with Gasteiger partial charge in [0.25, 0.3) is 11.9 Å². The summed E-state index contributed by atoms with van der Waals surface area (Å²) in [5.41, 5.74) is -0.662. The Bertz CT molecular complexity index is 485. The zero-order chi connectivity index (χ0) is 13.6. The number of halogens is 4. The van der Waals surface area contributed by atoms with Gasteiger partial charge in [-0.15, -0.1) is 0 Å². The van der Waals surface area contributed by atoms with Crippen molar-refractivity contribution in [1.29, 1.82) is 0 Å². The highest BCUT2D eigenvalue weighted by Gasteiger charge is 2.39. The third-order valence-electron chi connectivity index (χ3n) is 3.74. The summed E-state index contributed by atoms with van der Waals surface area (Å²) in [5.74, 6) is -6.11. The molecule has 0 bridgehead atoms. The molecule has 19 heavy (non-hydrogen) atoms. The Morgan fingerprint density at radius 3 is 2.42 bits per heavy atom. The topological polar surface area (TPSA) is 25.4 Å². The molecule has 1 saturated heterocycles. The molecule has 2 aliphatic rings. The predicted molar refractivity (Wildman–Crippen MR) is 58.8 cm³/mol. The highest BCUT2D eigenvalue weighted by atomic mass is 19.2. The maximum absolute atomic E-state index is 13.8. The molecule has 2 heterocycles. The summed E-state index contributed by atoms with van der Waals surface area (Å²) in [6, 6.07) is -0.237. The monoisotopic (exact) mass is 276 g/mol. The first kappa shape index (κ1) is 12.7. The van der Waals surface area contributed by atoms with E-state index in [1.54, 1.807) is 0 Å². The quantitative estimate of drug-likeness (QED) is 0.582. The van der Waals surface area contributed by atoms with E-state index in [1.807, 2.05) is 0 Å². The Kier molecular flexibility index (Phi) is 3.08. The van der Waals surface area contributed by atoms with Gasteiger partial charge in [0.15, 0.2) is 0 Å². The van der Waals surface area contributed by atoms with Crippen molar-refractivity contribution in [2.24, 2.45) is 0 Å². The third kappa shape index (κ3) is 1.96. The van der Waals surface area contributed by atoms with Crippen LogP contribution in [0.25, 0.3) is 0 Å². The van der Waals surface area contributed by atoms with E-state index < -0.39 is 29.2 Å². The van der Waals surface area contributed by atoms with Crippen LogP contribution in [0.1, 0.15) is 19.3 Å². The number of ether oxygens (including phenoxy) is 1. The highest BCUT2D eigenvalue weighted by molar-refractivity contribution is 5.50. The molecule has 3 nitrogen and oxygen atoms in total. The molecule has 2 unspecified atom stereocenters. The smallest absolute Gasteiger partial charge is 0.253 e. The Morgan fingerprint density at radius 2 is 1.74 bits per heavy atom. The van der Waals surface area contributed by atoms with Crippen LogP contribution >= 0.6 is 0 Å². The summed E-state index contributed by atoms with van der Waals surface area (Å²) in [6.45, 7) is 0.490. The van der Waals surface area contributed by atoms with Crippen molar-refractivity contribution in [3.63, 3.8) is 0 Å². The van der Waals surface area contributed by atoms with Crippen LogP contribution in [0.5, 0.6) is 0 Å². The van der Waals surface area contributed by atoms with Gasteiger partial charge < -0.3 is 9.64 Å². The maximum atomic E-state index is 13.8. The van der Waals surface area contributed by atoms with Crippen LogP contribution in [0.2, 0.25) is 0 Å². The number of rotatable bonds is 1. The Labute approximate surface area is 107 Å². The van der Waals surface area contributed by atoms with E-state index in [0.717, 1.165) is 12.8 Å². The number of hydrogen-bond acceptors (Lipinski definition) is 3. The third-order valence-corrected chi connectivity index (χ3v) is 3.74. The van der Waals surface area contributed by atoms with Crippen LogP contribution in [0, 0.1) is 23.5 Å². The number of hydrogen-bond donors (Lipinski definition) is 0. The van der Waals surface area contributed by atoms with Gasteiger partial charge in [-0.05, 0) is 19.3 Å². The Morgan fingerprint density at radius 1 is 1.05 bits per heavy atom. The molecule has 2 atom stereocenters. The van der Waals surface area contributed by atoms with Crippen LogP contribution in [0.15, 0.2) is 0 Å². The molecule has 0 amide bonds.